The Morgan fingerprint density at radius 3 is 2.48 bits per heavy atom. The molecule has 1 aliphatic carbocycles. The number of halogens is 2. The molecule has 2 fully saturated rings. The Kier molecular flexibility index (Phi) is 3.10. The van der Waals surface area contributed by atoms with E-state index in [0.717, 1.165) is 18.9 Å². The summed E-state index contributed by atoms with van der Waals surface area (Å²) in [6.07, 6.45) is 1.24. The fourth-order valence-electron chi connectivity index (χ4n) is 2.90. The van der Waals surface area contributed by atoms with Crippen molar-refractivity contribution in [3.05, 3.63) is 35.4 Å². The van der Waals surface area contributed by atoms with Crippen LogP contribution in [0.3, 0.4) is 0 Å². The molecular formula is C16H20F2N2O. The molecule has 0 aromatic heterocycles. The predicted molar refractivity (Wildman–Crippen MR) is 75.4 cm³/mol. The third kappa shape index (κ3) is 2.55. The van der Waals surface area contributed by atoms with E-state index < -0.39 is 17.2 Å². The zero-order valence-electron chi connectivity index (χ0n) is 12.5. The van der Waals surface area contributed by atoms with E-state index in [1.807, 2.05) is 0 Å². The fraction of sp³-hybridized carbons (Fsp3) is 0.562. The van der Waals surface area contributed by atoms with Crippen molar-refractivity contribution in [2.45, 2.75) is 45.3 Å². The van der Waals surface area contributed by atoms with Crippen molar-refractivity contribution >= 4 is 5.91 Å². The Balaban J connectivity index is 1.94. The summed E-state index contributed by atoms with van der Waals surface area (Å²) in [5.74, 6) is -1.67. The highest BCUT2D eigenvalue weighted by molar-refractivity contribution is 5.92. The number of rotatable bonds is 2. The number of benzene rings is 1. The van der Waals surface area contributed by atoms with Gasteiger partial charge in [0.25, 0.3) is 0 Å². The van der Waals surface area contributed by atoms with Crippen molar-refractivity contribution in [2.75, 3.05) is 6.54 Å². The minimum atomic E-state index is -0.880. The average Bonchev–Trinajstić information content (AvgIpc) is 3.11. The highest BCUT2D eigenvalue weighted by Crippen LogP contribution is 2.46. The van der Waals surface area contributed by atoms with Gasteiger partial charge in [-0.15, -0.1) is 0 Å². The first-order valence-electron chi connectivity index (χ1n) is 7.26. The molecule has 3 rings (SSSR count). The number of carbonyl (C=O) groups excluding carboxylic acids is 1. The molecule has 1 saturated carbocycles. The Hall–Kier alpha value is -1.49. The van der Waals surface area contributed by atoms with E-state index in [0.29, 0.717) is 12.1 Å². The lowest BCUT2D eigenvalue weighted by atomic mass is 9.95. The summed E-state index contributed by atoms with van der Waals surface area (Å²) in [6, 6.07) is 3.84. The number of nitrogens with one attached hydrogen (secondary N) is 1. The lowest BCUT2D eigenvalue weighted by Crippen LogP contribution is -2.38. The van der Waals surface area contributed by atoms with Gasteiger partial charge in [0.05, 0.1) is 0 Å². The number of nitrogens with zero attached hydrogens (tertiary/aromatic N) is 1. The van der Waals surface area contributed by atoms with Crippen LogP contribution in [0.1, 0.15) is 45.3 Å². The maximum absolute atomic E-state index is 13.5. The number of carbonyl (C=O) groups is 1. The normalized spacial score (nSPS) is 24.0. The van der Waals surface area contributed by atoms with Gasteiger partial charge in [-0.3, -0.25) is 10.1 Å². The van der Waals surface area contributed by atoms with Crippen LogP contribution in [0.15, 0.2) is 18.2 Å². The van der Waals surface area contributed by atoms with Gasteiger partial charge in [-0.1, -0.05) is 26.8 Å². The molecule has 114 valence electrons. The van der Waals surface area contributed by atoms with E-state index in [1.54, 1.807) is 11.0 Å². The smallest absolute Gasteiger partial charge is 0.244 e. The van der Waals surface area contributed by atoms with Crippen LogP contribution >= 0.6 is 0 Å². The van der Waals surface area contributed by atoms with Gasteiger partial charge >= 0.3 is 0 Å². The van der Waals surface area contributed by atoms with Crippen LogP contribution in [0.25, 0.3) is 0 Å². The second-order valence-electron chi connectivity index (χ2n) is 7.30. The molecule has 3 nitrogen and oxygen atoms in total. The Morgan fingerprint density at radius 2 is 1.95 bits per heavy atom. The molecule has 1 N–H and O–H groups in total. The van der Waals surface area contributed by atoms with Gasteiger partial charge in [-0.2, -0.15) is 0 Å². The maximum Gasteiger partial charge on any atom is 0.244 e. The predicted octanol–water partition coefficient (Wildman–Crippen LogP) is 2.97. The maximum atomic E-state index is 13.5. The molecule has 0 radical (unpaired) electrons. The standard InChI is InChI=1S/C16H20F2N2O/c1-15(2,3)9-20-13(19-16(6-7-16)14(20)21)10-4-5-11(17)12(18)8-10/h4-5,8,13,19H,6-7,9H2,1-3H3. The van der Waals surface area contributed by atoms with Crippen molar-refractivity contribution in [3.8, 4) is 0 Å². The molecule has 1 aliphatic heterocycles. The quantitative estimate of drug-likeness (QED) is 0.909. The lowest BCUT2D eigenvalue weighted by Gasteiger charge is -2.31. The Morgan fingerprint density at radius 1 is 1.29 bits per heavy atom. The molecule has 5 heteroatoms. The first kappa shape index (κ1) is 14.4. The van der Waals surface area contributed by atoms with Gasteiger partial charge in [-0.25, -0.2) is 8.78 Å². The van der Waals surface area contributed by atoms with E-state index in [4.69, 9.17) is 0 Å². The van der Waals surface area contributed by atoms with Crippen LogP contribution in [0.4, 0.5) is 8.78 Å². The van der Waals surface area contributed by atoms with E-state index in [1.165, 1.54) is 6.07 Å². The third-order valence-corrected chi connectivity index (χ3v) is 4.05. The molecule has 1 aromatic rings. The second kappa shape index (κ2) is 4.50. The van der Waals surface area contributed by atoms with Crippen molar-refractivity contribution in [1.82, 2.24) is 10.2 Å². The molecule has 1 saturated heterocycles. The number of hydrogen-bond acceptors (Lipinski definition) is 2. The molecule has 2 aliphatic rings. The van der Waals surface area contributed by atoms with Crippen LogP contribution < -0.4 is 5.32 Å². The highest BCUT2D eigenvalue weighted by atomic mass is 19.2. The summed E-state index contributed by atoms with van der Waals surface area (Å²) in [6.45, 7) is 6.74. The minimum Gasteiger partial charge on any atom is -0.321 e. The summed E-state index contributed by atoms with van der Waals surface area (Å²) in [5.41, 5.74) is 0.0605. The van der Waals surface area contributed by atoms with Crippen molar-refractivity contribution < 1.29 is 13.6 Å². The van der Waals surface area contributed by atoms with Crippen molar-refractivity contribution in [2.24, 2.45) is 5.41 Å². The summed E-state index contributed by atoms with van der Waals surface area (Å²) < 4.78 is 26.6. The van der Waals surface area contributed by atoms with Gasteiger partial charge in [0.2, 0.25) is 5.91 Å². The van der Waals surface area contributed by atoms with Gasteiger partial charge < -0.3 is 4.90 Å². The van der Waals surface area contributed by atoms with Crippen LogP contribution in [-0.2, 0) is 4.79 Å². The first-order chi connectivity index (χ1) is 9.72. The van der Waals surface area contributed by atoms with Crippen LogP contribution in [0, 0.1) is 17.0 Å². The molecule has 21 heavy (non-hydrogen) atoms. The molecule has 1 atom stereocenters. The van der Waals surface area contributed by atoms with E-state index in [9.17, 15) is 13.6 Å². The first-order valence-corrected chi connectivity index (χ1v) is 7.26. The third-order valence-electron chi connectivity index (χ3n) is 4.05. The van der Waals surface area contributed by atoms with Gasteiger partial charge in [0, 0.05) is 6.54 Å². The van der Waals surface area contributed by atoms with E-state index >= 15 is 0 Å². The topological polar surface area (TPSA) is 32.3 Å². The van der Waals surface area contributed by atoms with Crippen LogP contribution in [-0.4, -0.2) is 22.9 Å². The zero-order valence-corrected chi connectivity index (χ0v) is 12.5. The van der Waals surface area contributed by atoms with Crippen molar-refractivity contribution in [1.29, 1.82) is 0 Å². The van der Waals surface area contributed by atoms with E-state index in [-0.39, 0.29) is 17.5 Å². The van der Waals surface area contributed by atoms with Crippen molar-refractivity contribution in [3.63, 3.8) is 0 Å². The lowest BCUT2D eigenvalue weighted by molar-refractivity contribution is -0.132. The van der Waals surface area contributed by atoms with Crippen LogP contribution in [0.5, 0.6) is 0 Å². The molecule has 1 amide bonds. The summed E-state index contributed by atoms with van der Waals surface area (Å²) in [5, 5.41) is 3.31. The Labute approximate surface area is 123 Å². The van der Waals surface area contributed by atoms with Crippen LogP contribution in [0.2, 0.25) is 0 Å². The van der Waals surface area contributed by atoms with Gasteiger partial charge in [0.15, 0.2) is 11.6 Å². The largest absolute Gasteiger partial charge is 0.321 e. The van der Waals surface area contributed by atoms with E-state index in [2.05, 4.69) is 26.1 Å². The highest BCUT2D eigenvalue weighted by Gasteiger charge is 2.59. The minimum absolute atomic E-state index is 0.0609. The molecule has 1 unspecified atom stereocenters. The molecular weight excluding hydrogens is 274 g/mol. The monoisotopic (exact) mass is 294 g/mol. The van der Waals surface area contributed by atoms with Gasteiger partial charge in [0.1, 0.15) is 11.7 Å². The molecule has 1 aromatic carbocycles. The number of amides is 1. The second-order valence-corrected chi connectivity index (χ2v) is 7.30. The van der Waals surface area contributed by atoms with Gasteiger partial charge in [-0.05, 0) is 36.0 Å². The average molecular weight is 294 g/mol. The number of hydrogen-bond donors (Lipinski definition) is 1. The summed E-state index contributed by atoms with van der Waals surface area (Å²) in [7, 11) is 0. The SMILES string of the molecule is CC(C)(C)CN1C(=O)C2(CC2)NC1c1ccc(F)c(F)c1. The summed E-state index contributed by atoms with van der Waals surface area (Å²) in [4.78, 5) is 14.4. The molecule has 1 heterocycles. The fourth-order valence-corrected chi connectivity index (χ4v) is 2.90. The Bertz CT molecular complexity index is 590. The molecule has 0 bridgehead atoms. The molecule has 1 spiro atoms. The summed E-state index contributed by atoms with van der Waals surface area (Å²) >= 11 is 0. The zero-order chi connectivity index (χ0) is 15.4.